The molecule has 3 aromatic carbocycles. The Bertz CT molecular complexity index is 1410. The van der Waals surface area contributed by atoms with Gasteiger partial charge in [-0.25, -0.2) is 9.78 Å². The number of nitrogens with zero attached hydrogens (tertiary/aromatic N) is 3. The maximum atomic E-state index is 13.4. The molecule has 0 spiro atoms. The van der Waals surface area contributed by atoms with Gasteiger partial charge in [-0.05, 0) is 35.9 Å². The van der Waals surface area contributed by atoms with E-state index in [0.717, 1.165) is 10.5 Å². The predicted molar refractivity (Wildman–Crippen MR) is 125 cm³/mol. The number of carboxylic acid groups (broad SMARTS) is 1. The number of ether oxygens (including phenoxy) is 1. The highest BCUT2D eigenvalue weighted by Crippen LogP contribution is 2.43. The lowest BCUT2D eigenvalue weighted by Gasteiger charge is -2.35. The number of carbonyl (C=O) groups excluding carboxylic acids is 1. The van der Waals surface area contributed by atoms with E-state index in [1.807, 2.05) is 12.1 Å². The molecule has 3 N–H and O–H groups in total. The van der Waals surface area contributed by atoms with Crippen LogP contribution in [0, 0.1) is 0 Å². The Labute approximate surface area is 194 Å². The summed E-state index contributed by atoms with van der Waals surface area (Å²) < 4.78 is 5.22. The van der Waals surface area contributed by atoms with Crippen molar-refractivity contribution in [2.45, 2.75) is 12.3 Å². The van der Waals surface area contributed by atoms with Crippen molar-refractivity contribution in [2.75, 3.05) is 19.1 Å². The minimum Gasteiger partial charge on any atom is -0.497 e. The van der Waals surface area contributed by atoms with Crippen LogP contribution in [0.25, 0.3) is 11.0 Å². The van der Waals surface area contributed by atoms with Crippen molar-refractivity contribution in [2.24, 2.45) is 0 Å². The average Bonchev–Trinajstić information content (AvgIpc) is 3.37. The number of hydrogen-bond donors (Lipinski definition) is 3. The zero-order valence-corrected chi connectivity index (χ0v) is 18.5. The van der Waals surface area contributed by atoms with Crippen molar-refractivity contribution < 1.29 is 24.5 Å². The van der Waals surface area contributed by atoms with E-state index in [-0.39, 0.29) is 18.4 Å². The summed E-state index contributed by atoms with van der Waals surface area (Å²) in [5, 5.41) is 21.4. The number of carbonyl (C=O) groups is 2. The molecule has 2 amide bonds. The molecule has 1 aliphatic heterocycles. The van der Waals surface area contributed by atoms with Crippen LogP contribution in [-0.4, -0.2) is 51.2 Å². The molecule has 5 rings (SSSR count). The average molecular weight is 458 g/mol. The number of fused-ring (bicyclic) bond motifs is 2. The zero-order chi connectivity index (χ0) is 24.0. The van der Waals surface area contributed by atoms with E-state index in [1.165, 1.54) is 11.9 Å². The topological polar surface area (TPSA) is 119 Å². The number of amides is 2. The van der Waals surface area contributed by atoms with Crippen LogP contribution >= 0.6 is 0 Å². The first-order chi connectivity index (χ1) is 16.3. The maximum absolute atomic E-state index is 13.4. The summed E-state index contributed by atoms with van der Waals surface area (Å²) >= 11 is 0. The summed E-state index contributed by atoms with van der Waals surface area (Å²) in [6.07, 6.45) is -1.15. The molecule has 9 heteroatoms. The Morgan fingerprint density at radius 3 is 2.59 bits per heavy atom. The van der Waals surface area contributed by atoms with Gasteiger partial charge in [-0.3, -0.25) is 14.6 Å². The van der Waals surface area contributed by atoms with Crippen molar-refractivity contribution in [3.63, 3.8) is 0 Å². The fraction of sp³-hybridized carbons (Fsp3) is 0.160. The van der Waals surface area contributed by atoms with Gasteiger partial charge >= 0.3 is 6.09 Å². The SMILES string of the molecule is COc1ccc(CN2C(=O)c3ccccc3C2(O)c2ccc3nc(N(C)C(=O)O)[nH]c3c2)cc1. The summed E-state index contributed by atoms with van der Waals surface area (Å²) in [7, 11) is 2.97. The smallest absolute Gasteiger partial charge is 0.413 e. The van der Waals surface area contributed by atoms with Crippen LogP contribution in [-0.2, 0) is 12.3 Å². The van der Waals surface area contributed by atoms with E-state index in [1.54, 1.807) is 61.7 Å². The Morgan fingerprint density at radius 1 is 1.15 bits per heavy atom. The number of hydrogen-bond acceptors (Lipinski definition) is 5. The minimum absolute atomic E-state index is 0.157. The van der Waals surface area contributed by atoms with E-state index >= 15 is 0 Å². The van der Waals surface area contributed by atoms with Gasteiger partial charge < -0.3 is 19.9 Å². The molecule has 4 aromatic rings. The summed E-state index contributed by atoms with van der Waals surface area (Å²) in [5.41, 5.74) is 1.54. The standard InChI is InChI=1S/C25H22N4O5/c1-28(24(31)32)23-26-20-12-9-16(13-21(20)27-23)25(33)19-6-4-3-5-18(19)22(30)29(25)14-15-7-10-17(34-2)11-8-15/h3-13,33H,14H2,1-2H3,(H,26,27)(H,31,32). The normalized spacial score (nSPS) is 17.1. The van der Waals surface area contributed by atoms with E-state index in [4.69, 9.17) is 4.74 Å². The number of aromatic amines is 1. The largest absolute Gasteiger partial charge is 0.497 e. The number of methoxy groups -OCH3 is 1. The van der Waals surface area contributed by atoms with E-state index in [2.05, 4.69) is 9.97 Å². The summed E-state index contributed by atoms with van der Waals surface area (Å²) in [5.74, 6) is 0.566. The van der Waals surface area contributed by atoms with Gasteiger partial charge in [0, 0.05) is 30.3 Å². The molecule has 0 radical (unpaired) electrons. The molecule has 0 fully saturated rings. The molecule has 9 nitrogen and oxygen atoms in total. The monoisotopic (exact) mass is 458 g/mol. The van der Waals surface area contributed by atoms with Gasteiger partial charge in [0.1, 0.15) is 5.75 Å². The molecular formula is C25H22N4O5. The van der Waals surface area contributed by atoms with Gasteiger partial charge in [0.15, 0.2) is 5.72 Å². The molecular weight excluding hydrogens is 436 g/mol. The van der Waals surface area contributed by atoms with E-state index < -0.39 is 11.8 Å². The molecule has 0 saturated heterocycles. The highest BCUT2D eigenvalue weighted by molar-refractivity contribution is 6.00. The molecule has 1 unspecified atom stereocenters. The fourth-order valence-corrected chi connectivity index (χ4v) is 4.28. The second-order valence-corrected chi connectivity index (χ2v) is 8.09. The second-order valence-electron chi connectivity index (χ2n) is 8.09. The molecule has 34 heavy (non-hydrogen) atoms. The number of anilines is 1. The third kappa shape index (κ3) is 3.25. The van der Waals surface area contributed by atoms with Gasteiger partial charge in [-0.1, -0.05) is 36.4 Å². The summed E-state index contributed by atoms with van der Waals surface area (Å²) in [4.78, 5) is 34.4. The second kappa shape index (κ2) is 7.89. The zero-order valence-electron chi connectivity index (χ0n) is 18.5. The first kappa shape index (κ1) is 21.5. The third-order valence-electron chi connectivity index (χ3n) is 6.15. The molecule has 0 saturated carbocycles. The van der Waals surface area contributed by atoms with Crippen LogP contribution in [0.2, 0.25) is 0 Å². The van der Waals surface area contributed by atoms with Gasteiger partial charge in [0.25, 0.3) is 5.91 Å². The Hall–Kier alpha value is -4.37. The van der Waals surface area contributed by atoms with Crippen LogP contribution < -0.4 is 9.64 Å². The van der Waals surface area contributed by atoms with Crippen LogP contribution in [0.3, 0.4) is 0 Å². The van der Waals surface area contributed by atoms with Gasteiger partial charge in [0.05, 0.1) is 18.1 Å². The Kier molecular flexibility index (Phi) is 4.98. The summed E-state index contributed by atoms with van der Waals surface area (Å²) in [6.45, 7) is 0.169. The van der Waals surface area contributed by atoms with Crippen molar-refractivity contribution in [3.05, 3.63) is 89.0 Å². The molecule has 0 aliphatic carbocycles. The predicted octanol–water partition coefficient (Wildman–Crippen LogP) is 3.54. The highest BCUT2D eigenvalue weighted by Gasteiger charge is 2.49. The first-order valence-electron chi connectivity index (χ1n) is 10.6. The number of imidazole rings is 1. The molecule has 1 aromatic heterocycles. The number of benzene rings is 3. The van der Waals surface area contributed by atoms with Gasteiger partial charge in [-0.15, -0.1) is 0 Å². The van der Waals surface area contributed by atoms with Crippen molar-refractivity contribution in [1.29, 1.82) is 0 Å². The van der Waals surface area contributed by atoms with E-state index in [9.17, 15) is 19.8 Å². The van der Waals surface area contributed by atoms with Gasteiger partial charge in [0.2, 0.25) is 5.95 Å². The molecule has 1 atom stereocenters. The number of aliphatic hydroxyl groups is 1. The summed E-state index contributed by atoms with van der Waals surface area (Å²) in [6, 6.07) is 19.4. The van der Waals surface area contributed by atoms with Crippen LogP contribution in [0.5, 0.6) is 5.75 Å². The lowest BCUT2D eigenvalue weighted by molar-refractivity contribution is -0.0542. The number of aromatic nitrogens is 2. The van der Waals surface area contributed by atoms with Crippen LogP contribution in [0.4, 0.5) is 10.7 Å². The van der Waals surface area contributed by atoms with Crippen molar-refractivity contribution in [3.8, 4) is 5.75 Å². The van der Waals surface area contributed by atoms with Crippen molar-refractivity contribution >= 4 is 29.0 Å². The lowest BCUT2D eigenvalue weighted by Crippen LogP contribution is -2.44. The fourth-order valence-electron chi connectivity index (χ4n) is 4.28. The third-order valence-corrected chi connectivity index (χ3v) is 6.15. The number of nitrogens with one attached hydrogen (secondary N) is 1. The number of H-pyrrole nitrogens is 1. The van der Waals surface area contributed by atoms with E-state index in [0.29, 0.717) is 33.5 Å². The maximum Gasteiger partial charge on any atom is 0.413 e. The van der Waals surface area contributed by atoms with Gasteiger partial charge in [-0.2, -0.15) is 0 Å². The highest BCUT2D eigenvalue weighted by atomic mass is 16.5. The molecule has 172 valence electrons. The molecule has 1 aliphatic rings. The molecule has 0 bridgehead atoms. The Balaban J connectivity index is 1.61. The Morgan fingerprint density at radius 2 is 1.88 bits per heavy atom. The molecule has 2 heterocycles. The van der Waals surface area contributed by atoms with Crippen molar-refractivity contribution in [1.82, 2.24) is 14.9 Å². The van der Waals surface area contributed by atoms with Crippen LogP contribution in [0.1, 0.15) is 27.0 Å². The number of rotatable bonds is 5. The van der Waals surface area contributed by atoms with Crippen LogP contribution in [0.15, 0.2) is 66.7 Å². The quantitative estimate of drug-likeness (QED) is 0.421. The first-order valence-corrected chi connectivity index (χ1v) is 10.6. The minimum atomic E-state index is -1.73. The lowest BCUT2D eigenvalue weighted by atomic mass is 9.93.